The standard InChI is InChI=1S/C15H16BrN3O2/c1-21-15(20)14(18-11-4-2-10(16)3-5-11)13-8-17-9-19(13)12-6-7-12/h2-5,8-9,12,14,18H,6-7H2,1H3. The molecule has 1 fully saturated rings. The Kier molecular flexibility index (Phi) is 3.96. The number of benzene rings is 1. The summed E-state index contributed by atoms with van der Waals surface area (Å²) in [4.78, 5) is 16.3. The second-order valence-electron chi connectivity index (χ2n) is 5.06. The third-order valence-corrected chi connectivity index (χ3v) is 4.05. The number of nitrogens with zero attached hydrogens (tertiary/aromatic N) is 2. The fraction of sp³-hybridized carbons (Fsp3) is 0.333. The maximum Gasteiger partial charge on any atom is 0.334 e. The van der Waals surface area contributed by atoms with Crippen molar-refractivity contribution in [3.63, 3.8) is 0 Å². The van der Waals surface area contributed by atoms with Crippen LogP contribution in [0.25, 0.3) is 0 Å². The topological polar surface area (TPSA) is 56.1 Å². The van der Waals surface area contributed by atoms with E-state index in [0.717, 1.165) is 28.7 Å². The van der Waals surface area contributed by atoms with E-state index in [1.54, 1.807) is 12.5 Å². The average Bonchev–Trinajstić information content (AvgIpc) is 3.24. The minimum atomic E-state index is -0.556. The second kappa shape index (κ2) is 5.89. The molecule has 0 amide bonds. The minimum Gasteiger partial charge on any atom is -0.467 e. The first-order chi connectivity index (χ1) is 10.2. The highest BCUT2D eigenvalue weighted by molar-refractivity contribution is 9.10. The van der Waals surface area contributed by atoms with Crippen LogP contribution >= 0.6 is 15.9 Å². The number of ether oxygens (including phenoxy) is 1. The van der Waals surface area contributed by atoms with Crippen molar-refractivity contribution in [1.29, 1.82) is 0 Å². The molecule has 5 nitrogen and oxygen atoms in total. The molecule has 2 aromatic rings. The SMILES string of the molecule is COC(=O)C(Nc1ccc(Br)cc1)c1cncn1C1CC1. The Morgan fingerprint density at radius 2 is 2.14 bits per heavy atom. The van der Waals surface area contributed by atoms with E-state index in [1.165, 1.54) is 7.11 Å². The molecule has 1 unspecified atom stereocenters. The van der Waals surface area contributed by atoms with Gasteiger partial charge in [-0.25, -0.2) is 9.78 Å². The van der Waals surface area contributed by atoms with Crippen LogP contribution in [0.15, 0.2) is 41.3 Å². The Morgan fingerprint density at radius 3 is 2.76 bits per heavy atom. The van der Waals surface area contributed by atoms with E-state index in [1.807, 2.05) is 24.3 Å². The van der Waals surface area contributed by atoms with Gasteiger partial charge in [0.05, 0.1) is 25.3 Å². The van der Waals surface area contributed by atoms with Gasteiger partial charge in [-0.1, -0.05) is 15.9 Å². The molecular formula is C15H16BrN3O2. The van der Waals surface area contributed by atoms with Crippen molar-refractivity contribution in [2.75, 3.05) is 12.4 Å². The number of hydrogen-bond acceptors (Lipinski definition) is 4. The number of aromatic nitrogens is 2. The molecule has 21 heavy (non-hydrogen) atoms. The molecule has 1 aliphatic carbocycles. The van der Waals surface area contributed by atoms with Crippen LogP contribution in [0.1, 0.15) is 30.6 Å². The summed E-state index contributed by atoms with van der Waals surface area (Å²) in [5.41, 5.74) is 1.70. The molecule has 0 radical (unpaired) electrons. The molecule has 3 rings (SSSR count). The number of esters is 1. The van der Waals surface area contributed by atoms with Gasteiger partial charge in [0, 0.05) is 16.2 Å². The number of halogens is 1. The van der Waals surface area contributed by atoms with Crippen LogP contribution in [-0.4, -0.2) is 22.6 Å². The number of carbonyl (C=O) groups excluding carboxylic acids is 1. The first kappa shape index (κ1) is 14.1. The van der Waals surface area contributed by atoms with Gasteiger partial charge in [-0.3, -0.25) is 0 Å². The normalized spacial score (nSPS) is 15.5. The van der Waals surface area contributed by atoms with Gasteiger partial charge in [0.25, 0.3) is 0 Å². The zero-order valence-electron chi connectivity index (χ0n) is 11.6. The highest BCUT2D eigenvalue weighted by Gasteiger charge is 2.31. The molecule has 1 N–H and O–H groups in total. The van der Waals surface area contributed by atoms with E-state index in [0.29, 0.717) is 6.04 Å². The van der Waals surface area contributed by atoms with Crippen molar-refractivity contribution in [1.82, 2.24) is 9.55 Å². The van der Waals surface area contributed by atoms with Crippen molar-refractivity contribution in [3.05, 3.63) is 47.0 Å². The molecule has 0 bridgehead atoms. The predicted octanol–water partition coefficient (Wildman–Crippen LogP) is 3.31. The van der Waals surface area contributed by atoms with Crippen molar-refractivity contribution in [2.24, 2.45) is 0 Å². The van der Waals surface area contributed by atoms with Crippen LogP contribution in [0.5, 0.6) is 0 Å². The lowest BCUT2D eigenvalue weighted by atomic mass is 10.2. The molecule has 1 aromatic heterocycles. The number of nitrogens with one attached hydrogen (secondary N) is 1. The summed E-state index contributed by atoms with van der Waals surface area (Å²) in [6, 6.07) is 7.58. The Morgan fingerprint density at radius 1 is 1.43 bits per heavy atom. The van der Waals surface area contributed by atoms with E-state index >= 15 is 0 Å². The van der Waals surface area contributed by atoms with Gasteiger partial charge in [-0.05, 0) is 37.1 Å². The van der Waals surface area contributed by atoms with Crippen molar-refractivity contribution in [2.45, 2.75) is 24.9 Å². The summed E-state index contributed by atoms with van der Waals surface area (Å²) < 4.78 is 7.99. The van der Waals surface area contributed by atoms with Gasteiger partial charge in [0.1, 0.15) is 0 Å². The summed E-state index contributed by atoms with van der Waals surface area (Å²) in [5, 5.41) is 3.23. The van der Waals surface area contributed by atoms with E-state index in [-0.39, 0.29) is 5.97 Å². The Balaban J connectivity index is 1.88. The van der Waals surface area contributed by atoms with E-state index in [2.05, 4.69) is 30.8 Å². The summed E-state index contributed by atoms with van der Waals surface area (Å²) in [6.07, 6.45) is 5.78. The van der Waals surface area contributed by atoms with E-state index in [4.69, 9.17) is 4.74 Å². The summed E-state index contributed by atoms with van der Waals surface area (Å²) in [6.45, 7) is 0. The monoisotopic (exact) mass is 349 g/mol. The molecule has 0 aliphatic heterocycles. The lowest BCUT2D eigenvalue weighted by molar-refractivity contribution is -0.141. The maximum atomic E-state index is 12.1. The van der Waals surface area contributed by atoms with Crippen LogP contribution < -0.4 is 5.32 Å². The summed E-state index contributed by atoms with van der Waals surface area (Å²) in [5.74, 6) is -0.319. The fourth-order valence-electron chi connectivity index (χ4n) is 2.28. The molecule has 6 heteroatoms. The quantitative estimate of drug-likeness (QED) is 0.841. The first-order valence-electron chi connectivity index (χ1n) is 6.80. The van der Waals surface area contributed by atoms with Crippen LogP contribution in [0, 0.1) is 0 Å². The zero-order chi connectivity index (χ0) is 14.8. The first-order valence-corrected chi connectivity index (χ1v) is 7.60. The van der Waals surface area contributed by atoms with Crippen LogP contribution in [-0.2, 0) is 9.53 Å². The van der Waals surface area contributed by atoms with Crippen LogP contribution in [0.2, 0.25) is 0 Å². The highest BCUT2D eigenvalue weighted by Crippen LogP contribution is 2.37. The van der Waals surface area contributed by atoms with Crippen LogP contribution in [0.3, 0.4) is 0 Å². The second-order valence-corrected chi connectivity index (χ2v) is 5.98. The van der Waals surface area contributed by atoms with Gasteiger partial charge < -0.3 is 14.6 Å². The molecule has 1 saturated carbocycles. The third-order valence-electron chi connectivity index (χ3n) is 3.52. The predicted molar refractivity (Wildman–Crippen MR) is 83.0 cm³/mol. The minimum absolute atomic E-state index is 0.319. The van der Waals surface area contributed by atoms with Gasteiger partial charge in [0.15, 0.2) is 6.04 Å². The Hall–Kier alpha value is -1.82. The van der Waals surface area contributed by atoms with E-state index < -0.39 is 6.04 Å². The summed E-state index contributed by atoms with van der Waals surface area (Å²) in [7, 11) is 1.40. The molecule has 1 aliphatic rings. The molecule has 110 valence electrons. The van der Waals surface area contributed by atoms with Gasteiger partial charge in [0.2, 0.25) is 0 Å². The van der Waals surface area contributed by atoms with E-state index in [9.17, 15) is 4.79 Å². The molecule has 0 spiro atoms. The Bertz CT molecular complexity index is 635. The molecular weight excluding hydrogens is 334 g/mol. The van der Waals surface area contributed by atoms with Gasteiger partial charge >= 0.3 is 5.97 Å². The van der Waals surface area contributed by atoms with Crippen LogP contribution in [0.4, 0.5) is 5.69 Å². The smallest absolute Gasteiger partial charge is 0.334 e. The lowest BCUT2D eigenvalue weighted by Crippen LogP contribution is -2.24. The number of carbonyl (C=O) groups is 1. The lowest BCUT2D eigenvalue weighted by Gasteiger charge is -2.19. The molecule has 0 saturated heterocycles. The summed E-state index contributed by atoms with van der Waals surface area (Å²) >= 11 is 3.40. The zero-order valence-corrected chi connectivity index (χ0v) is 13.2. The number of anilines is 1. The number of hydrogen-bond donors (Lipinski definition) is 1. The van der Waals surface area contributed by atoms with Crippen molar-refractivity contribution < 1.29 is 9.53 Å². The van der Waals surface area contributed by atoms with Gasteiger partial charge in [-0.2, -0.15) is 0 Å². The maximum absolute atomic E-state index is 12.1. The number of rotatable bonds is 5. The highest BCUT2D eigenvalue weighted by atomic mass is 79.9. The van der Waals surface area contributed by atoms with Crippen molar-refractivity contribution >= 4 is 27.6 Å². The fourth-order valence-corrected chi connectivity index (χ4v) is 2.54. The third kappa shape index (κ3) is 3.10. The largest absolute Gasteiger partial charge is 0.467 e. The van der Waals surface area contributed by atoms with Gasteiger partial charge in [-0.15, -0.1) is 0 Å². The Labute approximate surface area is 131 Å². The number of methoxy groups -OCH3 is 1. The molecule has 1 aromatic carbocycles. The molecule has 1 heterocycles. The molecule has 1 atom stereocenters. The number of imidazole rings is 1. The van der Waals surface area contributed by atoms with Crippen molar-refractivity contribution in [3.8, 4) is 0 Å². The average molecular weight is 350 g/mol.